The molecule has 3 heteroatoms. The van der Waals surface area contributed by atoms with Gasteiger partial charge in [0.05, 0.1) is 6.20 Å². The average Bonchev–Trinajstić information content (AvgIpc) is 2.46. The molecule has 0 saturated carbocycles. The third-order valence-electron chi connectivity index (χ3n) is 3.39. The largest absolute Gasteiger partial charge is 0.364 e. The number of fused-ring (bicyclic) bond motifs is 1. The van der Waals surface area contributed by atoms with Crippen molar-refractivity contribution >= 4 is 16.7 Å². The van der Waals surface area contributed by atoms with Crippen molar-refractivity contribution in [3.8, 4) is 11.1 Å². The summed E-state index contributed by atoms with van der Waals surface area (Å²) in [5, 5.41) is 1.67. The molecule has 2 N–H and O–H groups in total. The lowest BCUT2D eigenvalue weighted by molar-refractivity contribution is 0.0997. The van der Waals surface area contributed by atoms with Crippen LogP contribution in [0.2, 0.25) is 0 Å². The number of amides is 1. The third-order valence-corrected chi connectivity index (χ3v) is 3.39. The Bertz CT molecular complexity index is 809. The lowest BCUT2D eigenvalue weighted by atomic mass is 9.97. The zero-order valence-electron chi connectivity index (χ0n) is 11.1. The number of hydrogen-bond donors (Lipinski definition) is 1. The summed E-state index contributed by atoms with van der Waals surface area (Å²) in [6, 6.07) is 15.8. The topological polar surface area (TPSA) is 56.0 Å². The Balaban J connectivity index is 2.27. The summed E-state index contributed by atoms with van der Waals surface area (Å²) in [6.07, 6.45) is 2.71. The Kier molecular flexibility index (Phi) is 2.95. The molecule has 2 aromatic carbocycles. The fourth-order valence-corrected chi connectivity index (χ4v) is 2.37. The van der Waals surface area contributed by atoms with Crippen LogP contribution in [0.15, 0.2) is 48.5 Å². The SMILES string of the molecule is Cc1ccccc1-c1ccc2c[c]nc(C(N)=O)c2c1. The summed E-state index contributed by atoms with van der Waals surface area (Å²) >= 11 is 0. The van der Waals surface area contributed by atoms with Gasteiger partial charge in [-0.2, -0.15) is 0 Å². The Morgan fingerprint density at radius 3 is 2.75 bits per heavy atom. The quantitative estimate of drug-likeness (QED) is 0.770. The molecule has 0 spiro atoms. The minimum atomic E-state index is -0.534. The second-order valence-corrected chi connectivity index (χ2v) is 4.72. The lowest BCUT2D eigenvalue weighted by Crippen LogP contribution is -2.13. The second-order valence-electron chi connectivity index (χ2n) is 4.72. The summed E-state index contributed by atoms with van der Waals surface area (Å²) in [5.74, 6) is -0.534. The third kappa shape index (κ3) is 2.03. The average molecular weight is 261 g/mol. The summed E-state index contributed by atoms with van der Waals surface area (Å²) < 4.78 is 0. The van der Waals surface area contributed by atoms with E-state index < -0.39 is 5.91 Å². The number of nitrogens with zero attached hydrogens (tertiary/aromatic N) is 1. The summed E-state index contributed by atoms with van der Waals surface area (Å²) in [4.78, 5) is 15.4. The number of nitrogens with two attached hydrogens (primary N) is 1. The van der Waals surface area contributed by atoms with Crippen LogP contribution in [-0.2, 0) is 0 Å². The van der Waals surface area contributed by atoms with Crippen molar-refractivity contribution < 1.29 is 4.79 Å². The maximum Gasteiger partial charge on any atom is 0.267 e. The van der Waals surface area contributed by atoms with E-state index in [1.54, 1.807) is 6.07 Å². The number of rotatable bonds is 2. The van der Waals surface area contributed by atoms with Crippen LogP contribution in [0, 0.1) is 13.1 Å². The molecule has 1 heterocycles. The monoisotopic (exact) mass is 261 g/mol. The van der Waals surface area contributed by atoms with Gasteiger partial charge >= 0.3 is 0 Å². The van der Waals surface area contributed by atoms with Gasteiger partial charge in [-0.1, -0.05) is 36.4 Å². The van der Waals surface area contributed by atoms with Gasteiger partial charge in [-0.05, 0) is 41.1 Å². The van der Waals surface area contributed by atoms with Crippen molar-refractivity contribution in [2.45, 2.75) is 6.92 Å². The first-order valence-corrected chi connectivity index (χ1v) is 6.33. The minimum absolute atomic E-state index is 0.262. The van der Waals surface area contributed by atoms with E-state index in [9.17, 15) is 4.79 Å². The first-order chi connectivity index (χ1) is 9.66. The molecule has 1 aromatic heterocycles. The van der Waals surface area contributed by atoms with Crippen molar-refractivity contribution in [1.29, 1.82) is 0 Å². The molecule has 0 bridgehead atoms. The number of hydrogen-bond acceptors (Lipinski definition) is 2. The van der Waals surface area contributed by atoms with Crippen molar-refractivity contribution in [3.63, 3.8) is 0 Å². The van der Waals surface area contributed by atoms with Crippen LogP contribution in [0.3, 0.4) is 0 Å². The van der Waals surface area contributed by atoms with Crippen LogP contribution in [-0.4, -0.2) is 10.9 Å². The second kappa shape index (κ2) is 4.78. The highest BCUT2D eigenvalue weighted by molar-refractivity contribution is 6.05. The molecule has 1 radical (unpaired) electrons. The van der Waals surface area contributed by atoms with Gasteiger partial charge in [0.15, 0.2) is 0 Å². The van der Waals surface area contributed by atoms with E-state index in [0.29, 0.717) is 0 Å². The van der Waals surface area contributed by atoms with E-state index >= 15 is 0 Å². The molecule has 0 aliphatic heterocycles. The zero-order valence-corrected chi connectivity index (χ0v) is 11.1. The van der Waals surface area contributed by atoms with Gasteiger partial charge in [-0.3, -0.25) is 4.79 Å². The first-order valence-electron chi connectivity index (χ1n) is 6.33. The number of aromatic nitrogens is 1. The van der Waals surface area contributed by atoms with Crippen LogP contribution in [0.5, 0.6) is 0 Å². The highest BCUT2D eigenvalue weighted by Gasteiger charge is 2.10. The van der Waals surface area contributed by atoms with Crippen LogP contribution >= 0.6 is 0 Å². The molecule has 3 nitrogen and oxygen atoms in total. The first kappa shape index (κ1) is 12.4. The van der Waals surface area contributed by atoms with Crippen LogP contribution in [0.4, 0.5) is 0 Å². The van der Waals surface area contributed by atoms with Gasteiger partial charge in [0.2, 0.25) is 0 Å². The number of carbonyl (C=O) groups is 1. The molecule has 3 aromatic rings. The summed E-state index contributed by atoms with van der Waals surface area (Å²) in [5.41, 5.74) is 9.01. The smallest absolute Gasteiger partial charge is 0.267 e. The molecule has 0 saturated heterocycles. The molecule has 3 rings (SSSR count). The van der Waals surface area contributed by atoms with E-state index in [4.69, 9.17) is 5.73 Å². The van der Waals surface area contributed by atoms with Gasteiger partial charge in [0.25, 0.3) is 5.91 Å². The van der Waals surface area contributed by atoms with Gasteiger partial charge in [0.1, 0.15) is 5.69 Å². The summed E-state index contributed by atoms with van der Waals surface area (Å²) in [7, 11) is 0. The molecule has 20 heavy (non-hydrogen) atoms. The predicted molar refractivity (Wildman–Crippen MR) is 79.3 cm³/mol. The van der Waals surface area contributed by atoms with Crippen molar-refractivity contribution in [2.75, 3.05) is 0 Å². The standard InChI is InChI=1S/C17H13N2O/c1-11-4-2-3-5-14(11)13-7-6-12-8-9-19-16(17(18)20)15(12)10-13/h2-8,10H,1H3,(H2,18,20). The van der Waals surface area contributed by atoms with Crippen LogP contribution in [0.25, 0.3) is 21.9 Å². The summed E-state index contributed by atoms with van der Waals surface area (Å²) in [6.45, 7) is 2.06. The maximum atomic E-state index is 11.5. The maximum absolute atomic E-state index is 11.5. The van der Waals surface area contributed by atoms with E-state index in [0.717, 1.165) is 21.9 Å². The molecule has 0 aliphatic rings. The Labute approximate surface area is 117 Å². The van der Waals surface area contributed by atoms with Gasteiger partial charge in [-0.15, -0.1) is 0 Å². The lowest BCUT2D eigenvalue weighted by Gasteiger charge is -2.08. The van der Waals surface area contributed by atoms with E-state index in [-0.39, 0.29) is 5.69 Å². The molecular weight excluding hydrogens is 248 g/mol. The van der Waals surface area contributed by atoms with Gasteiger partial charge < -0.3 is 5.73 Å². The zero-order chi connectivity index (χ0) is 14.1. The van der Waals surface area contributed by atoms with Crippen molar-refractivity contribution in [2.24, 2.45) is 5.73 Å². The minimum Gasteiger partial charge on any atom is -0.364 e. The molecule has 97 valence electrons. The van der Waals surface area contributed by atoms with E-state index in [2.05, 4.69) is 30.2 Å². The van der Waals surface area contributed by atoms with Gasteiger partial charge in [-0.25, -0.2) is 4.98 Å². The van der Waals surface area contributed by atoms with Crippen LogP contribution < -0.4 is 5.73 Å². The number of primary amides is 1. The molecule has 0 fully saturated rings. The number of aryl methyl sites for hydroxylation is 1. The van der Waals surface area contributed by atoms with Crippen molar-refractivity contribution in [1.82, 2.24) is 4.98 Å². The number of carbonyl (C=O) groups excluding carboxylic acids is 1. The number of pyridine rings is 1. The molecule has 0 aliphatic carbocycles. The Morgan fingerprint density at radius 2 is 2.00 bits per heavy atom. The Morgan fingerprint density at radius 1 is 1.20 bits per heavy atom. The molecule has 0 atom stereocenters. The fourth-order valence-electron chi connectivity index (χ4n) is 2.37. The van der Waals surface area contributed by atoms with E-state index in [1.165, 1.54) is 5.56 Å². The van der Waals surface area contributed by atoms with Crippen molar-refractivity contribution in [3.05, 3.63) is 66.0 Å². The fraction of sp³-hybridized carbons (Fsp3) is 0.0588. The molecular formula is C17H13N2O. The van der Waals surface area contributed by atoms with E-state index in [1.807, 2.05) is 30.3 Å². The van der Waals surface area contributed by atoms with Crippen LogP contribution in [0.1, 0.15) is 16.1 Å². The molecule has 0 unspecified atom stereocenters. The molecule has 1 amide bonds. The normalized spacial score (nSPS) is 10.7. The van der Waals surface area contributed by atoms with Gasteiger partial charge in [0, 0.05) is 5.39 Å². The highest BCUT2D eigenvalue weighted by Crippen LogP contribution is 2.27. The number of benzene rings is 2. The Hall–Kier alpha value is -2.68. The predicted octanol–water partition coefficient (Wildman–Crippen LogP) is 3.11. The highest BCUT2D eigenvalue weighted by atomic mass is 16.1.